The summed E-state index contributed by atoms with van der Waals surface area (Å²) in [7, 11) is 2.05. The van der Waals surface area contributed by atoms with E-state index in [0.29, 0.717) is 13.2 Å². The Kier molecular flexibility index (Phi) is 4.44. The summed E-state index contributed by atoms with van der Waals surface area (Å²) in [5.74, 6) is 1.72. The Labute approximate surface area is 146 Å². The minimum Gasteiger partial charge on any atom is -0.492 e. The van der Waals surface area contributed by atoms with Gasteiger partial charge in [0.25, 0.3) is 0 Å². The number of aromatic nitrogens is 2. The molecule has 2 aliphatic heterocycles. The van der Waals surface area contributed by atoms with Crippen LogP contribution in [0.5, 0.6) is 5.75 Å². The molecule has 0 aliphatic carbocycles. The molecule has 0 radical (unpaired) electrons. The van der Waals surface area contributed by atoms with E-state index in [2.05, 4.69) is 27.7 Å². The first-order chi connectivity index (χ1) is 12.2. The lowest BCUT2D eigenvalue weighted by Crippen LogP contribution is -2.46. The standard InChI is InChI=1S/C18H23N5O2/c1-22-8-6-19-18(24)16-5-7-23-17(21-16)15(12-20-23)13-3-2-4-14(11-13)25-10-9-22/h2-5,7,11-12,16,18-19,21,24H,6,8-10H2,1H3. The molecule has 3 heterocycles. The number of fused-ring (bicyclic) bond motifs is 4. The number of aliphatic hydroxyl groups is 1. The number of anilines is 1. The lowest BCUT2D eigenvalue weighted by atomic mass is 10.1. The summed E-state index contributed by atoms with van der Waals surface area (Å²) in [6.45, 7) is 2.98. The third-order valence-electron chi connectivity index (χ3n) is 4.61. The molecule has 0 spiro atoms. The second-order valence-electron chi connectivity index (χ2n) is 6.44. The highest BCUT2D eigenvalue weighted by Crippen LogP contribution is 2.32. The molecule has 2 atom stereocenters. The molecule has 132 valence electrons. The Balaban J connectivity index is 1.69. The van der Waals surface area contributed by atoms with Crippen molar-refractivity contribution in [2.75, 3.05) is 38.6 Å². The maximum atomic E-state index is 10.5. The van der Waals surface area contributed by atoms with E-state index in [-0.39, 0.29) is 6.04 Å². The Morgan fingerprint density at radius 2 is 2.24 bits per heavy atom. The molecule has 7 nitrogen and oxygen atoms in total. The van der Waals surface area contributed by atoms with E-state index in [1.807, 2.05) is 42.7 Å². The van der Waals surface area contributed by atoms with Crippen LogP contribution in [0.4, 0.5) is 5.82 Å². The first-order valence-electron chi connectivity index (χ1n) is 8.56. The predicted molar refractivity (Wildman–Crippen MR) is 97.4 cm³/mol. The van der Waals surface area contributed by atoms with Crippen molar-refractivity contribution >= 4 is 12.0 Å². The van der Waals surface area contributed by atoms with Gasteiger partial charge >= 0.3 is 0 Å². The predicted octanol–water partition coefficient (Wildman–Crippen LogP) is 1.05. The van der Waals surface area contributed by atoms with Gasteiger partial charge in [0.05, 0.1) is 12.2 Å². The lowest BCUT2D eigenvalue weighted by Gasteiger charge is -2.27. The minimum atomic E-state index is -0.672. The van der Waals surface area contributed by atoms with Gasteiger partial charge in [-0.25, -0.2) is 4.68 Å². The number of hydrogen-bond donors (Lipinski definition) is 3. The molecule has 0 amide bonds. The van der Waals surface area contributed by atoms with Crippen LogP contribution in [0.1, 0.15) is 0 Å². The second kappa shape index (κ2) is 6.87. The fourth-order valence-corrected chi connectivity index (χ4v) is 3.11. The number of benzene rings is 1. The summed E-state index contributed by atoms with van der Waals surface area (Å²) in [5.41, 5.74) is 2.02. The van der Waals surface area contributed by atoms with Crippen LogP contribution in [0, 0.1) is 0 Å². The van der Waals surface area contributed by atoms with Gasteiger partial charge in [0, 0.05) is 31.4 Å². The van der Waals surface area contributed by atoms with Crippen molar-refractivity contribution in [2.24, 2.45) is 0 Å². The molecule has 0 saturated carbocycles. The van der Waals surface area contributed by atoms with Crippen LogP contribution in [-0.4, -0.2) is 65.3 Å². The number of likely N-dealkylation sites (N-methyl/N-ethyl adjacent to an activating group) is 1. The molecule has 7 heteroatoms. The Morgan fingerprint density at radius 1 is 1.32 bits per heavy atom. The van der Waals surface area contributed by atoms with Crippen molar-refractivity contribution in [1.29, 1.82) is 0 Å². The van der Waals surface area contributed by atoms with E-state index in [4.69, 9.17) is 4.74 Å². The Bertz CT molecular complexity index is 773. The van der Waals surface area contributed by atoms with Crippen LogP contribution in [0.3, 0.4) is 0 Å². The quantitative estimate of drug-likeness (QED) is 0.665. The number of ether oxygens (including phenoxy) is 1. The molecule has 2 unspecified atom stereocenters. The van der Waals surface area contributed by atoms with Crippen molar-refractivity contribution < 1.29 is 9.84 Å². The summed E-state index contributed by atoms with van der Waals surface area (Å²) in [6, 6.07) is 7.82. The lowest BCUT2D eigenvalue weighted by molar-refractivity contribution is 0.124. The zero-order valence-electron chi connectivity index (χ0n) is 14.2. The summed E-state index contributed by atoms with van der Waals surface area (Å²) < 4.78 is 7.69. The van der Waals surface area contributed by atoms with Crippen molar-refractivity contribution in [3.05, 3.63) is 36.5 Å². The van der Waals surface area contributed by atoms with E-state index in [1.165, 1.54) is 0 Å². The average Bonchev–Trinajstić information content (AvgIpc) is 3.04. The van der Waals surface area contributed by atoms with Gasteiger partial charge in [0.2, 0.25) is 0 Å². The van der Waals surface area contributed by atoms with Gasteiger partial charge in [-0.05, 0) is 30.8 Å². The molecule has 25 heavy (non-hydrogen) atoms. The highest BCUT2D eigenvalue weighted by atomic mass is 16.5. The van der Waals surface area contributed by atoms with E-state index in [9.17, 15) is 5.11 Å². The highest BCUT2D eigenvalue weighted by molar-refractivity contribution is 5.78. The molecular weight excluding hydrogens is 318 g/mol. The maximum Gasteiger partial charge on any atom is 0.137 e. The van der Waals surface area contributed by atoms with Crippen molar-refractivity contribution in [2.45, 2.75) is 12.3 Å². The van der Waals surface area contributed by atoms with E-state index < -0.39 is 6.23 Å². The number of nitrogens with zero attached hydrogens (tertiary/aromatic N) is 3. The number of rotatable bonds is 0. The van der Waals surface area contributed by atoms with Crippen molar-refractivity contribution in [1.82, 2.24) is 20.0 Å². The van der Waals surface area contributed by atoms with Crippen molar-refractivity contribution in [3.8, 4) is 16.9 Å². The summed E-state index contributed by atoms with van der Waals surface area (Å²) in [6.07, 6.45) is 4.96. The topological polar surface area (TPSA) is 74.6 Å². The molecule has 1 aromatic heterocycles. The zero-order valence-corrected chi connectivity index (χ0v) is 14.2. The van der Waals surface area contributed by atoms with Crippen LogP contribution < -0.4 is 15.4 Å². The van der Waals surface area contributed by atoms with Crippen LogP contribution in [0.25, 0.3) is 17.3 Å². The van der Waals surface area contributed by atoms with Crippen LogP contribution >= 0.6 is 0 Å². The number of nitrogens with one attached hydrogen (secondary N) is 2. The largest absolute Gasteiger partial charge is 0.492 e. The third kappa shape index (κ3) is 3.39. The molecule has 0 saturated heterocycles. The molecule has 1 aromatic carbocycles. The SMILES string of the molecule is CN1CCNC(O)C2C=Cn3ncc(c3N2)-c2cccc(c2)OCC1. The third-order valence-corrected chi connectivity index (χ3v) is 4.61. The minimum absolute atomic E-state index is 0.210. The smallest absolute Gasteiger partial charge is 0.137 e. The molecule has 2 aliphatic rings. The summed E-state index contributed by atoms with van der Waals surface area (Å²) >= 11 is 0. The molecular formula is C18H23N5O2. The van der Waals surface area contributed by atoms with Crippen molar-refractivity contribution in [3.63, 3.8) is 0 Å². The van der Waals surface area contributed by atoms with E-state index in [1.54, 1.807) is 4.68 Å². The fraction of sp³-hybridized carbons (Fsp3) is 0.389. The first kappa shape index (κ1) is 16.1. The van der Waals surface area contributed by atoms with E-state index in [0.717, 1.165) is 35.8 Å². The molecule has 3 N–H and O–H groups in total. The van der Waals surface area contributed by atoms with Gasteiger partial charge in [-0.2, -0.15) is 5.10 Å². The van der Waals surface area contributed by atoms with Gasteiger partial charge in [-0.3, -0.25) is 5.32 Å². The molecule has 4 bridgehead atoms. The van der Waals surface area contributed by atoms with Gasteiger partial charge in [-0.1, -0.05) is 12.1 Å². The van der Waals surface area contributed by atoms with Crippen LogP contribution in [0.15, 0.2) is 36.5 Å². The maximum absolute atomic E-state index is 10.5. The normalized spacial score (nSPS) is 23.9. The van der Waals surface area contributed by atoms with Crippen LogP contribution in [-0.2, 0) is 0 Å². The monoisotopic (exact) mass is 341 g/mol. The van der Waals surface area contributed by atoms with Gasteiger partial charge in [0.15, 0.2) is 0 Å². The van der Waals surface area contributed by atoms with Gasteiger partial charge < -0.3 is 20.1 Å². The Morgan fingerprint density at radius 3 is 3.16 bits per heavy atom. The second-order valence-corrected chi connectivity index (χ2v) is 6.44. The number of aliphatic hydroxyl groups excluding tert-OH is 1. The summed E-state index contributed by atoms with van der Waals surface area (Å²) in [5, 5.41) is 21.4. The zero-order chi connectivity index (χ0) is 17.2. The van der Waals surface area contributed by atoms with E-state index >= 15 is 0 Å². The fourth-order valence-electron chi connectivity index (χ4n) is 3.11. The van der Waals surface area contributed by atoms with Gasteiger partial charge in [0.1, 0.15) is 24.4 Å². The molecule has 2 aromatic rings. The first-order valence-corrected chi connectivity index (χ1v) is 8.56. The van der Waals surface area contributed by atoms with Crippen LogP contribution in [0.2, 0.25) is 0 Å². The molecule has 4 rings (SSSR count). The average molecular weight is 341 g/mol. The Hall–Kier alpha value is -2.35. The molecule has 0 fully saturated rings. The van der Waals surface area contributed by atoms with Gasteiger partial charge in [-0.15, -0.1) is 0 Å². The highest BCUT2D eigenvalue weighted by Gasteiger charge is 2.23. The summed E-state index contributed by atoms with van der Waals surface area (Å²) in [4.78, 5) is 2.18. The number of hydrogen-bond acceptors (Lipinski definition) is 6.